The minimum atomic E-state index is -0.224. The normalized spacial score (nSPS) is 11.4. The number of nitrogens with one attached hydrogen (secondary N) is 1. The number of benzene rings is 3. The highest BCUT2D eigenvalue weighted by atomic mass is 32.2. The van der Waals surface area contributed by atoms with Crippen LogP contribution in [-0.2, 0) is 4.79 Å². The third kappa shape index (κ3) is 5.26. The standard InChI is InChI=1S/C27H23N7OS/c1-20(21-12-14-23(15-13-21)33-17-16-28-19-33)29-30-25(35)18-36-27-32-31-26(22-8-4-2-5-9-22)34(27)24-10-6-3-7-11-24/h2-17,19H,18H2,1H3,(H,30,35). The Kier molecular flexibility index (Phi) is 7.00. The molecule has 0 fully saturated rings. The van der Waals surface area contributed by atoms with Crippen LogP contribution in [0.2, 0.25) is 0 Å². The largest absolute Gasteiger partial charge is 0.306 e. The Balaban J connectivity index is 1.27. The van der Waals surface area contributed by atoms with Crippen LogP contribution in [0.4, 0.5) is 0 Å². The van der Waals surface area contributed by atoms with E-state index in [1.165, 1.54) is 11.8 Å². The Morgan fingerprint density at radius 2 is 1.64 bits per heavy atom. The highest BCUT2D eigenvalue weighted by Crippen LogP contribution is 2.27. The smallest absolute Gasteiger partial charge is 0.250 e. The zero-order chi connectivity index (χ0) is 24.7. The molecule has 3 aromatic carbocycles. The molecule has 0 aliphatic carbocycles. The lowest BCUT2D eigenvalue weighted by atomic mass is 10.1. The van der Waals surface area contributed by atoms with Crippen molar-refractivity contribution in [2.75, 3.05) is 5.75 Å². The summed E-state index contributed by atoms with van der Waals surface area (Å²) >= 11 is 1.31. The van der Waals surface area contributed by atoms with Gasteiger partial charge in [-0.2, -0.15) is 5.10 Å². The molecule has 0 atom stereocenters. The maximum atomic E-state index is 12.6. The molecule has 0 saturated heterocycles. The molecule has 5 rings (SSSR count). The van der Waals surface area contributed by atoms with E-state index in [2.05, 4.69) is 25.7 Å². The van der Waals surface area contributed by atoms with Crippen molar-refractivity contribution in [3.8, 4) is 22.8 Å². The number of amides is 1. The zero-order valence-corrected chi connectivity index (χ0v) is 20.3. The van der Waals surface area contributed by atoms with Crippen LogP contribution in [0.25, 0.3) is 22.8 Å². The fraction of sp³-hybridized carbons (Fsp3) is 0.0741. The van der Waals surface area contributed by atoms with Crippen LogP contribution in [0.3, 0.4) is 0 Å². The molecule has 2 aromatic heterocycles. The van der Waals surface area contributed by atoms with Gasteiger partial charge in [-0.1, -0.05) is 72.4 Å². The highest BCUT2D eigenvalue weighted by molar-refractivity contribution is 7.99. The summed E-state index contributed by atoms with van der Waals surface area (Å²) < 4.78 is 3.89. The van der Waals surface area contributed by atoms with E-state index in [0.29, 0.717) is 10.9 Å². The summed E-state index contributed by atoms with van der Waals surface area (Å²) in [4.78, 5) is 16.6. The number of hydrogen-bond donors (Lipinski definition) is 1. The average Bonchev–Trinajstić information content (AvgIpc) is 3.62. The molecule has 0 radical (unpaired) electrons. The van der Waals surface area contributed by atoms with Crippen molar-refractivity contribution >= 4 is 23.4 Å². The summed E-state index contributed by atoms with van der Waals surface area (Å²) in [6.07, 6.45) is 5.36. The third-order valence-electron chi connectivity index (χ3n) is 5.45. The monoisotopic (exact) mass is 493 g/mol. The molecule has 0 aliphatic rings. The first kappa shape index (κ1) is 23.3. The van der Waals surface area contributed by atoms with E-state index < -0.39 is 0 Å². The van der Waals surface area contributed by atoms with Gasteiger partial charge in [-0.15, -0.1) is 10.2 Å². The van der Waals surface area contributed by atoms with Gasteiger partial charge in [0, 0.05) is 29.3 Å². The van der Waals surface area contributed by atoms with E-state index in [0.717, 1.165) is 28.3 Å². The van der Waals surface area contributed by atoms with Crippen LogP contribution in [-0.4, -0.2) is 41.7 Å². The van der Waals surface area contributed by atoms with Gasteiger partial charge in [0.25, 0.3) is 5.91 Å². The summed E-state index contributed by atoms with van der Waals surface area (Å²) in [7, 11) is 0. The summed E-state index contributed by atoms with van der Waals surface area (Å²) in [5.41, 5.74) is 7.16. The average molecular weight is 494 g/mol. The lowest BCUT2D eigenvalue weighted by molar-refractivity contribution is -0.118. The number of carbonyl (C=O) groups excluding carboxylic acids is 1. The predicted molar refractivity (Wildman–Crippen MR) is 141 cm³/mol. The van der Waals surface area contributed by atoms with E-state index in [1.54, 1.807) is 12.5 Å². The second-order valence-corrected chi connectivity index (χ2v) is 8.82. The molecule has 36 heavy (non-hydrogen) atoms. The fourth-order valence-electron chi connectivity index (χ4n) is 3.61. The van der Waals surface area contributed by atoms with Crippen molar-refractivity contribution in [2.24, 2.45) is 5.10 Å². The first-order valence-corrected chi connectivity index (χ1v) is 12.3. The Morgan fingerprint density at radius 3 is 2.33 bits per heavy atom. The SMILES string of the molecule is CC(=NNC(=O)CSc1nnc(-c2ccccc2)n1-c1ccccc1)c1ccc(-n2ccnc2)cc1. The minimum Gasteiger partial charge on any atom is -0.306 e. The topological polar surface area (TPSA) is 90.0 Å². The number of carbonyl (C=O) groups is 1. The molecule has 0 unspecified atom stereocenters. The molecule has 0 spiro atoms. The fourth-order valence-corrected chi connectivity index (χ4v) is 4.35. The van der Waals surface area contributed by atoms with Gasteiger partial charge in [0.1, 0.15) is 0 Å². The molecule has 0 aliphatic heterocycles. The van der Waals surface area contributed by atoms with Crippen LogP contribution in [0.5, 0.6) is 0 Å². The second-order valence-electron chi connectivity index (χ2n) is 7.88. The number of rotatable bonds is 8. The molecular formula is C27H23N7OS. The molecule has 0 bridgehead atoms. The van der Waals surface area contributed by atoms with Crippen molar-refractivity contribution in [3.63, 3.8) is 0 Å². The van der Waals surface area contributed by atoms with Gasteiger partial charge in [-0.25, -0.2) is 10.4 Å². The van der Waals surface area contributed by atoms with E-state index in [1.807, 2.05) is 107 Å². The van der Waals surface area contributed by atoms with Gasteiger partial charge < -0.3 is 4.57 Å². The number of hydrazone groups is 1. The third-order valence-corrected chi connectivity index (χ3v) is 6.38. The van der Waals surface area contributed by atoms with Crippen molar-refractivity contribution in [1.29, 1.82) is 0 Å². The summed E-state index contributed by atoms with van der Waals surface area (Å²) in [6, 6.07) is 27.6. The summed E-state index contributed by atoms with van der Waals surface area (Å²) in [6.45, 7) is 1.86. The zero-order valence-electron chi connectivity index (χ0n) is 19.5. The molecular weight excluding hydrogens is 470 g/mol. The molecule has 1 N–H and O–H groups in total. The van der Waals surface area contributed by atoms with Crippen molar-refractivity contribution in [2.45, 2.75) is 12.1 Å². The van der Waals surface area contributed by atoms with Gasteiger partial charge in [0.15, 0.2) is 11.0 Å². The van der Waals surface area contributed by atoms with E-state index in [-0.39, 0.29) is 11.7 Å². The molecule has 5 aromatic rings. The van der Waals surface area contributed by atoms with Gasteiger partial charge >= 0.3 is 0 Å². The van der Waals surface area contributed by atoms with Crippen LogP contribution < -0.4 is 5.43 Å². The number of hydrogen-bond acceptors (Lipinski definition) is 6. The molecule has 2 heterocycles. The molecule has 178 valence electrons. The summed E-state index contributed by atoms with van der Waals surface area (Å²) in [5, 5.41) is 13.7. The molecule has 9 heteroatoms. The Hall–Kier alpha value is -4.50. The molecule has 8 nitrogen and oxygen atoms in total. The van der Waals surface area contributed by atoms with Crippen molar-refractivity contribution < 1.29 is 4.79 Å². The molecule has 0 saturated carbocycles. The molecule has 1 amide bonds. The van der Waals surface area contributed by atoms with Crippen LogP contribution in [0, 0.1) is 0 Å². The second kappa shape index (κ2) is 10.8. The van der Waals surface area contributed by atoms with Gasteiger partial charge in [-0.05, 0) is 36.8 Å². The van der Waals surface area contributed by atoms with E-state index >= 15 is 0 Å². The van der Waals surface area contributed by atoms with Gasteiger partial charge in [0.05, 0.1) is 17.8 Å². The maximum Gasteiger partial charge on any atom is 0.250 e. The first-order chi connectivity index (χ1) is 17.7. The van der Waals surface area contributed by atoms with Crippen molar-refractivity contribution in [3.05, 3.63) is 109 Å². The van der Waals surface area contributed by atoms with Crippen LogP contribution in [0.1, 0.15) is 12.5 Å². The number of para-hydroxylation sites is 1. The Labute approximate surface area is 212 Å². The van der Waals surface area contributed by atoms with Crippen LogP contribution >= 0.6 is 11.8 Å². The summed E-state index contributed by atoms with van der Waals surface area (Å²) in [5.74, 6) is 0.645. The Bertz CT molecular complexity index is 1460. The number of imidazole rings is 1. The minimum absolute atomic E-state index is 0.149. The highest BCUT2D eigenvalue weighted by Gasteiger charge is 2.17. The van der Waals surface area contributed by atoms with Crippen molar-refractivity contribution in [1.82, 2.24) is 29.7 Å². The predicted octanol–water partition coefficient (Wildman–Crippen LogP) is 4.75. The quantitative estimate of drug-likeness (QED) is 0.191. The number of thioether (sulfide) groups is 1. The van der Waals surface area contributed by atoms with E-state index in [9.17, 15) is 4.79 Å². The number of nitrogens with zero attached hydrogens (tertiary/aromatic N) is 6. The van der Waals surface area contributed by atoms with Gasteiger partial charge in [0.2, 0.25) is 0 Å². The lowest BCUT2D eigenvalue weighted by Crippen LogP contribution is -2.21. The first-order valence-electron chi connectivity index (χ1n) is 11.3. The lowest BCUT2D eigenvalue weighted by Gasteiger charge is -2.10. The Morgan fingerprint density at radius 1 is 0.917 bits per heavy atom. The van der Waals surface area contributed by atoms with Crippen LogP contribution in [0.15, 0.2) is 114 Å². The number of aromatic nitrogens is 5. The van der Waals surface area contributed by atoms with E-state index in [4.69, 9.17) is 0 Å². The van der Waals surface area contributed by atoms with Gasteiger partial charge in [-0.3, -0.25) is 9.36 Å². The maximum absolute atomic E-state index is 12.6.